The van der Waals surface area contributed by atoms with Crippen LogP contribution in [0.4, 0.5) is 5.82 Å². The summed E-state index contributed by atoms with van der Waals surface area (Å²) in [6.07, 6.45) is 1.62. The van der Waals surface area contributed by atoms with Crippen molar-refractivity contribution in [2.24, 2.45) is 5.84 Å². The summed E-state index contributed by atoms with van der Waals surface area (Å²) in [6.45, 7) is 0. The molecule has 0 fully saturated rings. The van der Waals surface area contributed by atoms with Crippen LogP contribution in [0.25, 0.3) is 0 Å². The molecular weight excluding hydrogens is 218 g/mol. The number of nitrogen functional groups attached to an aromatic ring is 1. The van der Waals surface area contributed by atoms with Crippen molar-refractivity contribution in [2.75, 3.05) is 12.5 Å². The molecule has 0 saturated carbocycles. The lowest BCUT2D eigenvalue weighted by Gasteiger charge is -2.08. The van der Waals surface area contributed by atoms with Gasteiger partial charge in [-0.15, -0.1) is 0 Å². The second-order valence-corrected chi connectivity index (χ2v) is 3.30. The van der Waals surface area contributed by atoms with Crippen LogP contribution < -0.4 is 20.7 Å². The Morgan fingerprint density at radius 2 is 1.88 bits per heavy atom. The molecule has 17 heavy (non-hydrogen) atoms. The largest absolute Gasteiger partial charge is 0.497 e. The van der Waals surface area contributed by atoms with Gasteiger partial charge in [-0.25, -0.2) is 10.8 Å². The molecule has 0 unspecified atom stereocenters. The van der Waals surface area contributed by atoms with Gasteiger partial charge < -0.3 is 14.9 Å². The summed E-state index contributed by atoms with van der Waals surface area (Å²) >= 11 is 0. The van der Waals surface area contributed by atoms with Crippen molar-refractivity contribution in [3.63, 3.8) is 0 Å². The summed E-state index contributed by atoms with van der Waals surface area (Å²) < 4.78 is 10.8. The van der Waals surface area contributed by atoms with Crippen LogP contribution in [0.3, 0.4) is 0 Å². The SMILES string of the molecule is COc1cccc(Oc2ccnc(NN)c2)c1. The van der Waals surface area contributed by atoms with E-state index in [1.807, 2.05) is 18.2 Å². The highest BCUT2D eigenvalue weighted by molar-refractivity contribution is 5.42. The number of methoxy groups -OCH3 is 1. The maximum Gasteiger partial charge on any atom is 0.143 e. The van der Waals surface area contributed by atoms with Crippen molar-refractivity contribution in [3.8, 4) is 17.2 Å². The molecule has 2 aromatic rings. The smallest absolute Gasteiger partial charge is 0.143 e. The molecule has 0 spiro atoms. The minimum Gasteiger partial charge on any atom is -0.497 e. The maximum absolute atomic E-state index is 5.65. The number of hydrogen-bond acceptors (Lipinski definition) is 5. The Hall–Kier alpha value is -2.27. The zero-order chi connectivity index (χ0) is 12.1. The van der Waals surface area contributed by atoms with Gasteiger partial charge in [0.05, 0.1) is 7.11 Å². The third-order valence-electron chi connectivity index (χ3n) is 2.16. The number of ether oxygens (including phenoxy) is 2. The van der Waals surface area contributed by atoms with Crippen molar-refractivity contribution in [2.45, 2.75) is 0 Å². The number of nitrogens with two attached hydrogens (primary N) is 1. The van der Waals surface area contributed by atoms with Crippen LogP contribution in [0.2, 0.25) is 0 Å². The lowest BCUT2D eigenvalue weighted by Crippen LogP contribution is -2.08. The van der Waals surface area contributed by atoms with Gasteiger partial charge in [-0.1, -0.05) is 6.07 Å². The van der Waals surface area contributed by atoms with Crippen LogP contribution in [-0.2, 0) is 0 Å². The molecule has 1 aromatic heterocycles. The van der Waals surface area contributed by atoms with Gasteiger partial charge in [-0.05, 0) is 18.2 Å². The zero-order valence-electron chi connectivity index (χ0n) is 9.38. The molecule has 0 amide bonds. The maximum atomic E-state index is 5.65. The fourth-order valence-corrected chi connectivity index (χ4v) is 1.35. The average molecular weight is 231 g/mol. The Balaban J connectivity index is 2.18. The average Bonchev–Trinajstić information content (AvgIpc) is 2.39. The highest BCUT2D eigenvalue weighted by atomic mass is 16.5. The second kappa shape index (κ2) is 5.18. The highest BCUT2D eigenvalue weighted by Crippen LogP contribution is 2.25. The molecule has 2 rings (SSSR count). The first-order chi connectivity index (χ1) is 8.31. The van der Waals surface area contributed by atoms with Crippen molar-refractivity contribution in [1.29, 1.82) is 0 Å². The number of hydrogen-bond donors (Lipinski definition) is 2. The third kappa shape index (κ3) is 2.85. The van der Waals surface area contributed by atoms with E-state index in [1.165, 1.54) is 0 Å². The van der Waals surface area contributed by atoms with Gasteiger partial charge in [-0.3, -0.25) is 0 Å². The van der Waals surface area contributed by atoms with E-state index in [0.717, 1.165) is 5.75 Å². The fourth-order valence-electron chi connectivity index (χ4n) is 1.35. The summed E-state index contributed by atoms with van der Waals surface area (Å²) in [5.74, 6) is 7.91. The van der Waals surface area contributed by atoms with Crippen molar-refractivity contribution in [1.82, 2.24) is 4.98 Å². The van der Waals surface area contributed by atoms with E-state index in [9.17, 15) is 0 Å². The Morgan fingerprint density at radius 3 is 2.65 bits per heavy atom. The molecule has 0 aliphatic carbocycles. The number of hydrazine groups is 1. The molecular formula is C12H13N3O2. The molecule has 0 aliphatic rings. The van der Waals surface area contributed by atoms with Crippen molar-refractivity contribution in [3.05, 3.63) is 42.6 Å². The Labute approximate surface area is 99.2 Å². The topological polar surface area (TPSA) is 69.4 Å². The highest BCUT2D eigenvalue weighted by Gasteiger charge is 2.00. The predicted octanol–water partition coefficient (Wildman–Crippen LogP) is 2.17. The second-order valence-electron chi connectivity index (χ2n) is 3.30. The van der Waals surface area contributed by atoms with Gasteiger partial charge in [0.25, 0.3) is 0 Å². The summed E-state index contributed by atoms with van der Waals surface area (Å²) in [7, 11) is 1.61. The Kier molecular flexibility index (Phi) is 3.42. The van der Waals surface area contributed by atoms with Crippen molar-refractivity contribution < 1.29 is 9.47 Å². The molecule has 0 atom stereocenters. The molecule has 0 radical (unpaired) electrons. The third-order valence-corrected chi connectivity index (χ3v) is 2.16. The van der Waals surface area contributed by atoms with Gasteiger partial charge in [-0.2, -0.15) is 0 Å². The molecule has 0 saturated heterocycles. The van der Waals surface area contributed by atoms with Gasteiger partial charge in [0.15, 0.2) is 0 Å². The standard InChI is InChI=1S/C12H13N3O2/c1-16-9-3-2-4-10(7-9)17-11-5-6-14-12(8-11)15-13/h2-8H,13H2,1H3,(H,14,15). The molecule has 5 nitrogen and oxygen atoms in total. The summed E-state index contributed by atoms with van der Waals surface area (Å²) in [5.41, 5.74) is 2.46. The van der Waals surface area contributed by atoms with E-state index in [2.05, 4.69) is 10.4 Å². The first-order valence-corrected chi connectivity index (χ1v) is 5.06. The van der Waals surface area contributed by atoms with Gasteiger partial charge >= 0.3 is 0 Å². The number of pyridine rings is 1. The molecule has 5 heteroatoms. The van der Waals surface area contributed by atoms with E-state index in [1.54, 1.807) is 31.5 Å². The van der Waals surface area contributed by atoms with Crippen LogP contribution in [0.1, 0.15) is 0 Å². The number of nitrogens with one attached hydrogen (secondary N) is 1. The zero-order valence-corrected chi connectivity index (χ0v) is 9.38. The fraction of sp³-hybridized carbons (Fsp3) is 0.0833. The van der Waals surface area contributed by atoms with Crippen LogP contribution in [-0.4, -0.2) is 12.1 Å². The Morgan fingerprint density at radius 1 is 1.12 bits per heavy atom. The van der Waals surface area contributed by atoms with Crippen LogP contribution in [0.5, 0.6) is 17.2 Å². The monoisotopic (exact) mass is 231 g/mol. The van der Waals surface area contributed by atoms with Gasteiger partial charge in [0.1, 0.15) is 23.1 Å². The summed E-state index contributed by atoms with van der Waals surface area (Å²) in [6, 6.07) is 10.8. The molecule has 88 valence electrons. The minimum absolute atomic E-state index is 0.547. The summed E-state index contributed by atoms with van der Waals surface area (Å²) in [5, 5.41) is 0. The number of anilines is 1. The predicted molar refractivity (Wildman–Crippen MR) is 65.1 cm³/mol. The lowest BCUT2D eigenvalue weighted by atomic mass is 10.3. The quantitative estimate of drug-likeness (QED) is 0.623. The van der Waals surface area contributed by atoms with E-state index < -0.39 is 0 Å². The van der Waals surface area contributed by atoms with E-state index >= 15 is 0 Å². The normalized spacial score (nSPS) is 9.76. The van der Waals surface area contributed by atoms with Gasteiger partial charge in [0.2, 0.25) is 0 Å². The van der Waals surface area contributed by atoms with E-state index in [4.69, 9.17) is 15.3 Å². The first-order valence-electron chi connectivity index (χ1n) is 5.06. The number of rotatable bonds is 4. The van der Waals surface area contributed by atoms with Crippen molar-refractivity contribution >= 4 is 5.82 Å². The number of aromatic nitrogens is 1. The number of benzene rings is 1. The lowest BCUT2D eigenvalue weighted by molar-refractivity contribution is 0.409. The van der Waals surface area contributed by atoms with Crippen LogP contribution in [0.15, 0.2) is 42.6 Å². The molecule has 1 heterocycles. The number of nitrogens with zero attached hydrogens (tertiary/aromatic N) is 1. The van der Waals surface area contributed by atoms with E-state index in [0.29, 0.717) is 17.3 Å². The molecule has 1 aromatic carbocycles. The molecule has 0 bridgehead atoms. The van der Waals surface area contributed by atoms with E-state index in [-0.39, 0.29) is 0 Å². The molecule has 0 aliphatic heterocycles. The van der Waals surface area contributed by atoms with Crippen LogP contribution in [0, 0.1) is 0 Å². The Bertz CT molecular complexity index is 457. The molecule has 3 N–H and O–H groups in total. The minimum atomic E-state index is 0.547. The van der Waals surface area contributed by atoms with Gasteiger partial charge in [0, 0.05) is 18.3 Å². The van der Waals surface area contributed by atoms with Crippen LogP contribution >= 0.6 is 0 Å². The first kappa shape index (κ1) is 11.2. The summed E-state index contributed by atoms with van der Waals surface area (Å²) in [4.78, 5) is 3.99.